The van der Waals surface area contributed by atoms with Crippen LogP contribution in [-0.2, 0) is 4.74 Å². The molecule has 0 fully saturated rings. The molecule has 0 rings (SSSR count). The zero-order chi connectivity index (χ0) is 9.61. The van der Waals surface area contributed by atoms with Crippen molar-refractivity contribution in [1.82, 2.24) is 0 Å². The van der Waals surface area contributed by atoms with Crippen LogP contribution in [0, 0.1) is 0 Å². The highest BCUT2D eigenvalue weighted by atomic mass is 16.5. The molecule has 0 bridgehead atoms. The Morgan fingerprint density at radius 1 is 1.58 bits per heavy atom. The summed E-state index contributed by atoms with van der Waals surface area (Å²) in [6.45, 7) is 5.95. The minimum atomic E-state index is -0.708. The molecule has 0 saturated heterocycles. The molecule has 0 radical (unpaired) electrons. The number of hydrogen-bond acceptors (Lipinski definition) is 3. The molecule has 1 atom stereocenters. The third-order valence-electron chi connectivity index (χ3n) is 1.06. The van der Waals surface area contributed by atoms with Crippen molar-refractivity contribution < 1.29 is 9.84 Å². The van der Waals surface area contributed by atoms with Crippen molar-refractivity contribution in [3.8, 4) is 0 Å². The standard InChI is InChI=1S/C7H15N3O2/c1-7(2,3)12-5-6(11)4-9-10-8/h6,11H,4-5H2,1-3H3. The van der Waals surface area contributed by atoms with Crippen LogP contribution in [0.4, 0.5) is 0 Å². The molecule has 12 heavy (non-hydrogen) atoms. The zero-order valence-electron chi connectivity index (χ0n) is 7.69. The molecule has 0 aliphatic rings. The van der Waals surface area contributed by atoms with Gasteiger partial charge in [-0.1, -0.05) is 5.11 Å². The topological polar surface area (TPSA) is 78.2 Å². The van der Waals surface area contributed by atoms with Crippen LogP contribution in [0.15, 0.2) is 5.11 Å². The van der Waals surface area contributed by atoms with E-state index in [1.54, 1.807) is 0 Å². The highest BCUT2D eigenvalue weighted by Gasteiger charge is 2.12. The maximum atomic E-state index is 9.15. The van der Waals surface area contributed by atoms with E-state index in [-0.39, 0.29) is 18.8 Å². The molecule has 0 saturated carbocycles. The monoisotopic (exact) mass is 173 g/mol. The summed E-state index contributed by atoms with van der Waals surface area (Å²) in [6, 6.07) is 0. The highest BCUT2D eigenvalue weighted by Crippen LogP contribution is 2.06. The van der Waals surface area contributed by atoms with E-state index in [2.05, 4.69) is 10.0 Å². The van der Waals surface area contributed by atoms with E-state index in [9.17, 15) is 0 Å². The lowest BCUT2D eigenvalue weighted by atomic mass is 10.2. The fourth-order valence-electron chi connectivity index (χ4n) is 0.530. The second kappa shape index (κ2) is 4.98. The summed E-state index contributed by atoms with van der Waals surface area (Å²) >= 11 is 0. The number of aliphatic hydroxyl groups is 1. The van der Waals surface area contributed by atoms with E-state index in [0.717, 1.165) is 0 Å². The molecule has 0 aliphatic heterocycles. The minimum Gasteiger partial charge on any atom is -0.391 e. The predicted octanol–water partition coefficient (Wildman–Crippen LogP) is 1.47. The normalized spacial score (nSPS) is 13.7. The Bertz CT molecular complexity index is 170. The van der Waals surface area contributed by atoms with Gasteiger partial charge in [0.2, 0.25) is 0 Å². The van der Waals surface area contributed by atoms with Crippen molar-refractivity contribution >= 4 is 0 Å². The maximum absolute atomic E-state index is 9.15. The third kappa shape index (κ3) is 7.34. The first-order valence-electron chi connectivity index (χ1n) is 3.78. The van der Waals surface area contributed by atoms with Crippen LogP contribution in [0.1, 0.15) is 20.8 Å². The lowest BCUT2D eigenvalue weighted by Crippen LogP contribution is -2.27. The molecular formula is C7H15N3O2. The minimum absolute atomic E-state index is 0.0621. The lowest BCUT2D eigenvalue weighted by molar-refractivity contribution is -0.0459. The Kier molecular flexibility index (Phi) is 4.66. The number of rotatable bonds is 4. The molecule has 0 aromatic rings. The fourth-order valence-corrected chi connectivity index (χ4v) is 0.530. The number of ether oxygens (including phenoxy) is 1. The van der Waals surface area contributed by atoms with Crippen LogP contribution >= 0.6 is 0 Å². The molecule has 70 valence electrons. The van der Waals surface area contributed by atoms with Gasteiger partial charge in [-0.15, -0.1) is 0 Å². The molecule has 5 nitrogen and oxygen atoms in total. The van der Waals surface area contributed by atoms with Gasteiger partial charge in [0.25, 0.3) is 0 Å². The van der Waals surface area contributed by atoms with Gasteiger partial charge in [0.15, 0.2) is 0 Å². The Morgan fingerprint density at radius 3 is 2.58 bits per heavy atom. The van der Waals surface area contributed by atoms with Crippen LogP contribution in [0.3, 0.4) is 0 Å². The maximum Gasteiger partial charge on any atom is 0.0830 e. The molecule has 0 aromatic carbocycles. The number of nitrogens with zero attached hydrogens (tertiary/aromatic N) is 3. The Labute approximate surface area is 72.0 Å². The summed E-state index contributed by atoms with van der Waals surface area (Å²) in [6.07, 6.45) is -0.708. The predicted molar refractivity (Wildman–Crippen MR) is 45.7 cm³/mol. The van der Waals surface area contributed by atoms with E-state index in [1.807, 2.05) is 20.8 Å². The molecule has 1 N–H and O–H groups in total. The quantitative estimate of drug-likeness (QED) is 0.397. The first kappa shape index (κ1) is 11.2. The van der Waals surface area contributed by atoms with E-state index in [4.69, 9.17) is 15.4 Å². The van der Waals surface area contributed by atoms with Crippen LogP contribution in [-0.4, -0.2) is 30.0 Å². The van der Waals surface area contributed by atoms with Gasteiger partial charge in [0.1, 0.15) is 0 Å². The Hall–Kier alpha value is -0.770. The van der Waals surface area contributed by atoms with Gasteiger partial charge in [-0.05, 0) is 26.3 Å². The van der Waals surface area contributed by atoms with Gasteiger partial charge >= 0.3 is 0 Å². The highest BCUT2D eigenvalue weighted by molar-refractivity contribution is 4.63. The number of aliphatic hydroxyl groups excluding tert-OH is 1. The average molecular weight is 173 g/mol. The van der Waals surface area contributed by atoms with Crippen molar-refractivity contribution in [3.63, 3.8) is 0 Å². The van der Waals surface area contributed by atoms with Crippen molar-refractivity contribution in [3.05, 3.63) is 10.4 Å². The summed E-state index contributed by atoms with van der Waals surface area (Å²) in [5.74, 6) is 0. The van der Waals surface area contributed by atoms with Crippen molar-refractivity contribution in [1.29, 1.82) is 0 Å². The summed E-state index contributed by atoms with van der Waals surface area (Å²) in [4.78, 5) is 2.53. The second-order valence-electron chi connectivity index (χ2n) is 3.49. The molecule has 0 aromatic heterocycles. The smallest absolute Gasteiger partial charge is 0.0830 e. The van der Waals surface area contributed by atoms with Gasteiger partial charge in [-0.2, -0.15) is 0 Å². The van der Waals surface area contributed by atoms with E-state index >= 15 is 0 Å². The van der Waals surface area contributed by atoms with Gasteiger partial charge < -0.3 is 9.84 Å². The summed E-state index contributed by atoms with van der Waals surface area (Å²) < 4.78 is 5.25. The van der Waals surface area contributed by atoms with Crippen LogP contribution < -0.4 is 0 Å². The largest absolute Gasteiger partial charge is 0.391 e. The lowest BCUT2D eigenvalue weighted by Gasteiger charge is -2.21. The molecule has 0 heterocycles. The molecule has 0 amide bonds. The third-order valence-corrected chi connectivity index (χ3v) is 1.06. The number of azide groups is 1. The van der Waals surface area contributed by atoms with E-state index in [0.29, 0.717) is 0 Å². The van der Waals surface area contributed by atoms with Gasteiger partial charge in [0, 0.05) is 4.91 Å². The van der Waals surface area contributed by atoms with Gasteiger partial charge in [-0.3, -0.25) is 0 Å². The summed E-state index contributed by atoms with van der Waals surface area (Å²) in [5.41, 5.74) is 7.68. The summed E-state index contributed by atoms with van der Waals surface area (Å²) in [7, 11) is 0. The SMILES string of the molecule is CC(C)(C)OCC(O)CN=[N+]=[N-]. The molecule has 0 aliphatic carbocycles. The molecular weight excluding hydrogens is 158 g/mol. The fraction of sp³-hybridized carbons (Fsp3) is 1.00. The van der Waals surface area contributed by atoms with Crippen LogP contribution in [0.25, 0.3) is 10.4 Å². The first-order chi connectivity index (χ1) is 5.45. The van der Waals surface area contributed by atoms with Crippen LogP contribution in [0.2, 0.25) is 0 Å². The first-order valence-corrected chi connectivity index (χ1v) is 3.78. The second-order valence-corrected chi connectivity index (χ2v) is 3.49. The van der Waals surface area contributed by atoms with Crippen molar-refractivity contribution in [2.45, 2.75) is 32.5 Å². The van der Waals surface area contributed by atoms with Gasteiger partial charge in [0.05, 0.1) is 24.9 Å². The molecule has 1 unspecified atom stereocenters. The van der Waals surface area contributed by atoms with Crippen molar-refractivity contribution in [2.24, 2.45) is 5.11 Å². The number of hydrogen-bond donors (Lipinski definition) is 1. The van der Waals surface area contributed by atoms with E-state index < -0.39 is 6.10 Å². The van der Waals surface area contributed by atoms with Gasteiger partial charge in [-0.25, -0.2) is 0 Å². The summed E-state index contributed by atoms with van der Waals surface area (Å²) in [5, 5.41) is 12.4. The molecule has 5 heteroatoms. The average Bonchev–Trinajstić information content (AvgIpc) is 1.95. The van der Waals surface area contributed by atoms with Crippen molar-refractivity contribution in [2.75, 3.05) is 13.2 Å². The molecule has 0 spiro atoms. The zero-order valence-corrected chi connectivity index (χ0v) is 7.69. The Morgan fingerprint density at radius 2 is 2.17 bits per heavy atom. The van der Waals surface area contributed by atoms with E-state index in [1.165, 1.54) is 0 Å². The Balaban J connectivity index is 3.57. The van der Waals surface area contributed by atoms with Crippen LogP contribution in [0.5, 0.6) is 0 Å².